The Morgan fingerprint density at radius 1 is 1.24 bits per heavy atom. The first-order valence-corrected chi connectivity index (χ1v) is 8.50. The van der Waals surface area contributed by atoms with Gasteiger partial charge in [0, 0.05) is 41.2 Å². The van der Waals surface area contributed by atoms with Crippen LogP contribution >= 0.6 is 11.6 Å². The van der Waals surface area contributed by atoms with Gasteiger partial charge in [-0.05, 0) is 18.6 Å². The molecule has 3 aromatic rings. The van der Waals surface area contributed by atoms with Crippen molar-refractivity contribution in [2.45, 2.75) is 25.8 Å². The Morgan fingerprint density at radius 2 is 2.00 bits per heavy atom. The van der Waals surface area contributed by atoms with E-state index in [9.17, 15) is 4.79 Å². The number of aromatic nitrogens is 4. The summed E-state index contributed by atoms with van der Waals surface area (Å²) in [4.78, 5) is 12.3. The zero-order valence-electron chi connectivity index (χ0n) is 14.0. The van der Waals surface area contributed by atoms with Crippen LogP contribution in [0, 0.1) is 6.92 Å². The number of halogens is 1. The molecule has 128 valence electrons. The zero-order chi connectivity index (χ0) is 17.6. The van der Waals surface area contributed by atoms with Gasteiger partial charge in [0.2, 0.25) is 5.91 Å². The standard InChI is InChI=1S/C18H18ClN5O/c1-11-14(8-20-23(11)2)13-7-17(25)22-18-15(13)9-21-24(18)10-12-5-3-4-6-16(12)19/h3-6,8-9,13H,7,10H2,1-2H3,(H,22,25). The normalized spacial score (nSPS) is 16.6. The molecule has 1 atom stereocenters. The molecule has 0 saturated carbocycles. The quantitative estimate of drug-likeness (QED) is 0.785. The lowest BCUT2D eigenvalue weighted by molar-refractivity contribution is -0.116. The summed E-state index contributed by atoms with van der Waals surface area (Å²) in [5, 5.41) is 12.5. The third kappa shape index (κ3) is 2.72. The van der Waals surface area contributed by atoms with E-state index in [4.69, 9.17) is 11.6 Å². The van der Waals surface area contributed by atoms with Crippen molar-refractivity contribution in [1.29, 1.82) is 0 Å². The summed E-state index contributed by atoms with van der Waals surface area (Å²) in [6.07, 6.45) is 4.08. The SMILES string of the molecule is Cc1c(C2CC(=O)Nc3c2cnn3Cc2ccccc2Cl)cnn1C. The lowest BCUT2D eigenvalue weighted by Gasteiger charge is -2.23. The van der Waals surface area contributed by atoms with Crippen LogP contribution in [0.25, 0.3) is 0 Å². The van der Waals surface area contributed by atoms with Crippen molar-refractivity contribution in [2.24, 2.45) is 7.05 Å². The molecule has 1 aromatic carbocycles. The number of anilines is 1. The summed E-state index contributed by atoms with van der Waals surface area (Å²) in [6, 6.07) is 7.65. The molecule has 1 aliphatic heterocycles. The van der Waals surface area contributed by atoms with Crippen LogP contribution in [0.15, 0.2) is 36.7 Å². The Hall–Kier alpha value is -2.60. The molecule has 1 amide bonds. The topological polar surface area (TPSA) is 64.7 Å². The van der Waals surface area contributed by atoms with E-state index < -0.39 is 0 Å². The van der Waals surface area contributed by atoms with Gasteiger partial charge >= 0.3 is 0 Å². The molecule has 25 heavy (non-hydrogen) atoms. The predicted molar refractivity (Wildman–Crippen MR) is 95.8 cm³/mol. The fourth-order valence-electron chi connectivity index (χ4n) is 3.31. The molecular formula is C18H18ClN5O. The minimum atomic E-state index is -0.0301. The second-order valence-corrected chi connectivity index (χ2v) is 6.72. The van der Waals surface area contributed by atoms with Gasteiger partial charge in [-0.25, -0.2) is 4.68 Å². The maximum Gasteiger partial charge on any atom is 0.226 e. The largest absolute Gasteiger partial charge is 0.311 e. The van der Waals surface area contributed by atoms with Crippen molar-refractivity contribution < 1.29 is 4.79 Å². The summed E-state index contributed by atoms with van der Waals surface area (Å²) in [6.45, 7) is 2.52. The average molecular weight is 356 g/mol. The minimum absolute atomic E-state index is 0.0124. The molecule has 2 aromatic heterocycles. The smallest absolute Gasteiger partial charge is 0.226 e. The number of aryl methyl sites for hydroxylation is 1. The summed E-state index contributed by atoms with van der Waals surface area (Å²) in [5.74, 6) is 0.698. The maximum absolute atomic E-state index is 12.3. The number of amides is 1. The summed E-state index contributed by atoms with van der Waals surface area (Å²) in [7, 11) is 1.91. The molecule has 7 heteroatoms. The Kier molecular flexibility index (Phi) is 3.84. The van der Waals surface area contributed by atoms with Crippen LogP contribution in [0.3, 0.4) is 0 Å². The zero-order valence-corrected chi connectivity index (χ0v) is 14.8. The van der Waals surface area contributed by atoms with Crippen molar-refractivity contribution in [2.75, 3.05) is 5.32 Å². The van der Waals surface area contributed by atoms with Crippen LogP contribution in [0.4, 0.5) is 5.82 Å². The Bertz CT molecular complexity index is 958. The van der Waals surface area contributed by atoms with E-state index in [2.05, 4.69) is 15.5 Å². The number of nitrogens with zero attached hydrogens (tertiary/aromatic N) is 4. The number of rotatable bonds is 3. The van der Waals surface area contributed by atoms with Crippen molar-refractivity contribution in [3.63, 3.8) is 0 Å². The van der Waals surface area contributed by atoms with Crippen LogP contribution in [-0.4, -0.2) is 25.5 Å². The first kappa shape index (κ1) is 15.9. The summed E-state index contributed by atoms with van der Waals surface area (Å²) >= 11 is 6.26. The van der Waals surface area contributed by atoms with E-state index in [0.29, 0.717) is 18.0 Å². The van der Waals surface area contributed by atoms with Gasteiger partial charge in [0.25, 0.3) is 0 Å². The lowest BCUT2D eigenvalue weighted by atomic mass is 9.88. The third-order valence-corrected chi connectivity index (χ3v) is 5.19. The molecule has 0 saturated heterocycles. The van der Waals surface area contributed by atoms with Gasteiger partial charge in [-0.2, -0.15) is 10.2 Å². The van der Waals surface area contributed by atoms with Gasteiger partial charge in [0.1, 0.15) is 5.82 Å². The molecule has 3 heterocycles. The van der Waals surface area contributed by atoms with Crippen LogP contribution in [-0.2, 0) is 18.4 Å². The van der Waals surface area contributed by atoms with E-state index in [1.54, 1.807) is 4.68 Å². The number of nitrogens with one attached hydrogen (secondary N) is 1. The second-order valence-electron chi connectivity index (χ2n) is 6.31. The Morgan fingerprint density at radius 3 is 2.72 bits per heavy atom. The van der Waals surface area contributed by atoms with Gasteiger partial charge in [-0.1, -0.05) is 29.8 Å². The first-order chi connectivity index (χ1) is 12.0. The molecule has 6 nitrogen and oxygen atoms in total. The maximum atomic E-state index is 12.3. The van der Waals surface area contributed by atoms with E-state index in [0.717, 1.165) is 28.2 Å². The summed E-state index contributed by atoms with van der Waals surface area (Å²) in [5.41, 5.74) is 4.10. The van der Waals surface area contributed by atoms with Gasteiger partial charge in [0.05, 0.1) is 18.9 Å². The molecule has 1 unspecified atom stereocenters. The van der Waals surface area contributed by atoms with Crippen LogP contribution in [0.1, 0.15) is 34.7 Å². The van der Waals surface area contributed by atoms with Crippen molar-refractivity contribution >= 4 is 23.3 Å². The van der Waals surface area contributed by atoms with Crippen molar-refractivity contribution in [3.05, 3.63) is 64.1 Å². The third-order valence-electron chi connectivity index (χ3n) is 4.82. The Labute approximate surface area is 150 Å². The van der Waals surface area contributed by atoms with E-state index in [1.165, 1.54) is 0 Å². The molecule has 0 spiro atoms. The monoisotopic (exact) mass is 355 g/mol. The molecule has 0 radical (unpaired) electrons. The number of hydrogen-bond donors (Lipinski definition) is 1. The highest BCUT2D eigenvalue weighted by atomic mass is 35.5. The van der Waals surface area contributed by atoms with Crippen molar-refractivity contribution in [3.8, 4) is 0 Å². The highest BCUT2D eigenvalue weighted by Crippen LogP contribution is 2.38. The molecule has 4 rings (SSSR count). The first-order valence-electron chi connectivity index (χ1n) is 8.12. The van der Waals surface area contributed by atoms with E-state index in [-0.39, 0.29) is 11.8 Å². The highest BCUT2D eigenvalue weighted by molar-refractivity contribution is 6.31. The number of hydrogen-bond acceptors (Lipinski definition) is 3. The van der Waals surface area contributed by atoms with E-state index >= 15 is 0 Å². The minimum Gasteiger partial charge on any atom is -0.311 e. The summed E-state index contributed by atoms with van der Waals surface area (Å²) < 4.78 is 3.63. The van der Waals surface area contributed by atoms with Gasteiger partial charge < -0.3 is 5.32 Å². The van der Waals surface area contributed by atoms with Gasteiger partial charge in [-0.3, -0.25) is 9.48 Å². The van der Waals surface area contributed by atoms with Gasteiger partial charge in [-0.15, -0.1) is 0 Å². The molecule has 0 fully saturated rings. The molecular weight excluding hydrogens is 338 g/mol. The number of carbonyl (C=O) groups is 1. The molecule has 0 bridgehead atoms. The lowest BCUT2D eigenvalue weighted by Crippen LogP contribution is -2.25. The second kappa shape index (κ2) is 6.04. The molecule has 0 aliphatic carbocycles. The van der Waals surface area contributed by atoms with Crippen LogP contribution in [0.5, 0.6) is 0 Å². The fraction of sp³-hybridized carbons (Fsp3) is 0.278. The Balaban J connectivity index is 1.74. The van der Waals surface area contributed by atoms with Gasteiger partial charge in [0.15, 0.2) is 0 Å². The number of benzene rings is 1. The van der Waals surface area contributed by atoms with Crippen LogP contribution < -0.4 is 5.32 Å². The fourth-order valence-corrected chi connectivity index (χ4v) is 3.51. The predicted octanol–water partition coefficient (Wildman–Crippen LogP) is 3.10. The average Bonchev–Trinajstić information content (AvgIpc) is 3.14. The van der Waals surface area contributed by atoms with Crippen LogP contribution in [0.2, 0.25) is 5.02 Å². The number of carbonyl (C=O) groups excluding carboxylic acids is 1. The van der Waals surface area contributed by atoms with Crippen molar-refractivity contribution in [1.82, 2.24) is 19.6 Å². The number of fused-ring (bicyclic) bond motifs is 1. The highest BCUT2D eigenvalue weighted by Gasteiger charge is 2.31. The molecule has 1 aliphatic rings. The molecule has 1 N–H and O–H groups in total. The van der Waals surface area contributed by atoms with E-state index in [1.807, 2.05) is 55.3 Å².